The van der Waals surface area contributed by atoms with Crippen molar-refractivity contribution in [3.63, 3.8) is 0 Å². The third kappa shape index (κ3) is 3.08. The number of nitrogens with one attached hydrogen (secondary N) is 1. The minimum Gasteiger partial charge on any atom is -0.467 e. The average Bonchev–Trinajstić information content (AvgIpc) is 3.14. The molecule has 3 rings (SSSR count). The van der Waals surface area contributed by atoms with E-state index >= 15 is 0 Å². The fourth-order valence-corrected chi connectivity index (χ4v) is 3.56. The molecule has 0 spiro atoms. The van der Waals surface area contributed by atoms with E-state index in [1.165, 1.54) is 6.08 Å². The summed E-state index contributed by atoms with van der Waals surface area (Å²) in [6.07, 6.45) is 4.83. The number of halogens is 1. The maximum Gasteiger partial charge on any atom is 0.244 e. The SMILES string of the molecule is C[C@@H](NC(=O)/C=C/c1sc2ccccc2c1Cl)c1ccco1. The molecule has 2 aromatic heterocycles. The molecule has 0 saturated heterocycles. The Kier molecular flexibility index (Phi) is 4.32. The van der Waals surface area contributed by atoms with Crippen molar-refractivity contribution in [1.29, 1.82) is 0 Å². The molecule has 3 aromatic rings. The van der Waals surface area contributed by atoms with Crippen molar-refractivity contribution in [2.75, 3.05) is 0 Å². The van der Waals surface area contributed by atoms with Gasteiger partial charge >= 0.3 is 0 Å². The molecule has 1 amide bonds. The van der Waals surface area contributed by atoms with Gasteiger partial charge in [0.2, 0.25) is 5.91 Å². The highest BCUT2D eigenvalue weighted by atomic mass is 35.5. The van der Waals surface area contributed by atoms with Gasteiger partial charge in [-0.25, -0.2) is 0 Å². The highest BCUT2D eigenvalue weighted by Crippen LogP contribution is 2.35. The molecule has 0 saturated carbocycles. The van der Waals surface area contributed by atoms with Crippen LogP contribution in [-0.4, -0.2) is 5.91 Å². The van der Waals surface area contributed by atoms with Crippen molar-refractivity contribution in [2.45, 2.75) is 13.0 Å². The van der Waals surface area contributed by atoms with Crippen molar-refractivity contribution >= 4 is 45.0 Å². The van der Waals surface area contributed by atoms with Crippen molar-refractivity contribution in [1.82, 2.24) is 5.32 Å². The zero-order valence-electron chi connectivity index (χ0n) is 11.9. The molecule has 0 bridgehead atoms. The van der Waals surface area contributed by atoms with Crippen LogP contribution in [0.3, 0.4) is 0 Å². The fraction of sp³-hybridized carbons (Fsp3) is 0.118. The summed E-state index contributed by atoms with van der Waals surface area (Å²) in [6, 6.07) is 11.4. The van der Waals surface area contributed by atoms with E-state index < -0.39 is 0 Å². The molecule has 1 atom stereocenters. The van der Waals surface area contributed by atoms with Crippen LogP contribution >= 0.6 is 22.9 Å². The van der Waals surface area contributed by atoms with Crippen LogP contribution in [0.2, 0.25) is 5.02 Å². The third-order valence-corrected chi connectivity index (χ3v) is 4.93. The monoisotopic (exact) mass is 331 g/mol. The van der Waals surface area contributed by atoms with Gasteiger partial charge in [-0.15, -0.1) is 11.3 Å². The van der Waals surface area contributed by atoms with Gasteiger partial charge < -0.3 is 9.73 Å². The number of benzene rings is 1. The number of carbonyl (C=O) groups is 1. The van der Waals surface area contributed by atoms with Crippen molar-refractivity contribution in [3.8, 4) is 0 Å². The maximum atomic E-state index is 12.0. The molecule has 0 fully saturated rings. The standard InChI is InChI=1S/C17H14ClNO2S/c1-11(13-6-4-10-21-13)19-16(20)9-8-15-17(18)12-5-2-3-7-14(12)22-15/h2-11H,1H3,(H,19,20)/b9-8+/t11-/m1/s1. The molecule has 0 aliphatic heterocycles. The summed E-state index contributed by atoms with van der Waals surface area (Å²) in [4.78, 5) is 12.8. The van der Waals surface area contributed by atoms with Crippen LogP contribution in [0.5, 0.6) is 0 Å². The van der Waals surface area contributed by atoms with Gasteiger partial charge in [0.05, 0.1) is 17.3 Å². The summed E-state index contributed by atoms with van der Waals surface area (Å²) in [7, 11) is 0. The van der Waals surface area contributed by atoms with E-state index in [9.17, 15) is 4.79 Å². The summed E-state index contributed by atoms with van der Waals surface area (Å²) >= 11 is 7.91. The van der Waals surface area contributed by atoms with Crippen LogP contribution in [0.25, 0.3) is 16.2 Å². The third-order valence-electron chi connectivity index (χ3n) is 3.27. The Morgan fingerprint density at radius 1 is 1.32 bits per heavy atom. The number of amides is 1. The molecule has 1 N–H and O–H groups in total. The lowest BCUT2D eigenvalue weighted by molar-refractivity contribution is -0.117. The molecule has 0 radical (unpaired) electrons. The average molecular weight is 332 g/mol. The van der Waals surface area contributed by atoms with E-state index in [1.54, 1.807) is 29.7 Å². The molecule has 0 aliphatic carbocycles. The lowest BCUT2D eigenvalue weighted by Crippen LogP contribution is -2.24. The number of carbonyl (C=O) groups excluding carboxylic acids is 1. The Bertz CT molecular complexity index is 820. The Morgan fingerprint density at radius 2 is 2.14 bits per heavy atom. The second-order valence-corrected chi connectivity index (χ2v) is 6.32. The zero-order valence-corrected chi connectivity index (χ0v) is 13.4. The molecule has 0 unspecified atom stereocenters. The molecule has 2 heterocycles. The summed E-state index contributed by atoms with van der Waals surface area (Å²) in [6.45, 7) is 1.87. The van der Waals surface area contributed by atoms with Gasteiger partial charge in [0.15, 0.2) is 0 Å². The highest BCUT2D eigenvalue weighted by Gasteiger charge is 2.11. The van der Waals surface area contributed by atoms with Gasteiger partial charge in [-0.3, -0.25) is 4.79 Å². The van der Waals surface area contributed by atoms with E-state index in [0.29, 0.717) is 5.02 Å². The molecule has 0 aliphatic rings. The van der Waals surface area contributed by atoms with Gasteiger partial charge in [-0.2, -0.15) is 0 Å². The second-order valence-electron chi connectivity index (χ2n) is 4.86. The Balaban J connectivity index is 1.72. The van der Waals surface area contributed by atoms with Crippen LogP contribution in [0.4, 0.5) is 0 Å². The van der Waals surface area contributed by atoms with Crippen LogP contribution in [-0.2, 0) is 4.79 Å². The quantitative estimate of drug-likeness (QED) is 0.681. The predicted octanol–water partition coefficient (Wildman–Crippen LogP) is 5.04. The first-order chi connectivity index (χ1) is 10.6. The van der Waals surface area contributed by atoms with Gasteiger partial charge in [0.1, 0.15) is 5.76 Å². The second kappa shape index (κ2) is 6.38. The minimum absolute atomic E-state index is 0.176. The number of rotatable bonds is 4. The molecule has 112 valence electrons. The van der Waals surface area contributed by atoms with E-state index in [2.05, 4.69) is 5.32 Å². The van der Waals surface area contributed by atoms with E-state index in [0.717, 1.165) is 20.7 Å². The fourth-order valence-electron chi connectivity index (χ4n) is 2.16. The Labute approximate surface area is 137 Å². The summed E-state index contributed by atoms with van der Waals surface area (Å²) in [5.41, 5.74) is 0. The van der Waals surface area contributed by atoms with E-state index in [-0.39, 0.29) is 11.9 Å². The normalized spacial score (nSPS) is 12.8. The van der Waals surface area contributed by atoms with Crippen LogP contribution in [0, 0.1) is 0 Å². The van der Waals surface area contributed by atoms with Gasteiger partial charge in [-0.05, 0) is 31.2 Å². The zero-order chi connectivity index (χ0) is 15.5. The molecular formula is C17H14ClNO2S. The van der Waals surface area contributed by atoms with Crippen molar-refractivity contribution in [3.05, 3.63) is 64.4 Å². The smallest absolute Gasteiger partial charge is 0.244 e. The molecule has 5 heteroatoms. The minimum atomic E-state index is -0.183. The molecular weight excluding hydrogens is 318 g/mol. The highest BCUT2D eigenvalue weighted by molar-refractivity contribution is 7.20. The number of hydrogen-bond donors (Lipinski definition) is 1. The Hall–Kier alpha value is -2.04. The first-order valence-electron chi connectivity index (χ1n) is 6.84. The number of furan rings is 1. The van der Waals surface area contributed by atoms with Gasteiger partial charge in [-0.1, -0.05) is 29.8 Å². The summed E-state index contributed by atoms with van der Waals surface area (Å²) < 4.78 is 6.37. The summed E-state index contributed by atoms with van der Waals surface area (Å²) in [5.74, 6) is 0.541. The van der Waals surface area contributed by atoms with E-state index in [1.807, 2.05) is 37.3 Å². The number of fused-ring (bicyclic) bond motifs is 1. The lowest BCUT2D eigenvalue weighted by Gasteiger charge is -2.08. The number of thiophene rings is 1. The molecule has 22 heavy (non-hydrogen) atoms. The molecule has 3 nitrogen and oxygen atoms in total. The maximum absolute atomic E-state index is 12.0. The topological polar surface area (TPSA) is 42.2 Å². The van der Waals surface area contributed by atoms with E-state index in [4.69, 9.17) is 16.0 Å². The first kappa shape index (κ1) is 14.9. The first-order valence-corrected chi connectivity index (χ1v) is 8.03. The van der Waals surface area contributed by atoms with Crippen molar-refractivity contribution in [2.24, 2.45) is 0 Å². The van der Waals surface area contributed by atoms with Gasteiger partial charge in [0.25, 0.3) is 0 Å². The Morgan fingerprint density at radius 3 is 2.86 bits per heavy atom. The van der Waals surface area contributed by atoms with Crippen molar-refractivity contribution < 1.29 is 9.21 Å². The lowest BCUT2D eigenvalue weighted by atomic mass is 10.2. The number of hydrogen-bond acceptors (Lipinski definition) is 3. The van der Waals surface area contributed by atoms with Crippen LogP contribution < -0.4 is 5.32 Å². The largest absolute Gasteiger partial charge is 0.467 e. The van der Waals surface area contributed by atoms with Gasteiger partial charge in [0, 0.05) is 21.0 Å². The van der Waals surface area contributed by atoms with Crippen LogP contribution in [0.15, 0.2) is 53.2 Å². The summed E-state index contributed by atoms with van der Waals surface area (Å²) in [5, 5.41) is 4.54. The van der Waals surface area contributed by atoms with Crippen LogP contribution in [0.1, 0.15) is 23.6 Å². The predicted molar refractivity (Wildman–Crippen MR) is 91.1 cm³/mol. The molecule has 1 aromatic carbocycles.